The van der Waals surface area contributed by atoms with Gasteiger partial charge < -0.3 is 38.6 Å². The Morgan fingerprint density at radius 2 is 1.82 bits per heavy atom. The molecule has 3 aromatic rings. The summed E-state index contributed by atoms with van der Waals surface area (Å²) >= 11 is 0.228. The molecule has 0 aliphatic carbocycles. The highest BCUT2D eigenvalue weighted by Crippen LogP contribution is 2.64. The predicted molar refractivity (Wildman–Crippen MR) is 161 cm³/mol. The Morgan fingerprint density at radius 1 is 1.08 bits per heavy atom. The van der Waals surface area contributed by atoms with Gasteiger partial charge >= 0.3 is 18.6 Å². The first kappa shape index (κ1) is 36.5. The van der Waals surface area contributed by atoms with Crippen LogP contribution in [0, 0.1) is 0 Å². The van der Waals surface area contributed by atoms with E-state index in [0.717, 1.165) is 29.5 Å². The molecule has 6 rings (SSSR count). The van der Waals surface area contributed by atoms with Crippen molar-refractivity contribution in [2.24, 2.45) is 0 Å². The average molecular weight is 771 g/mol. The molecule has 3 aromatic heterocycles. The van der Waals surface area contributed by atoms with Crippen LogP contribution in [0.5, 0.6) is 0 Å². The Kier molecular flexibility index (Phi) is 10.5. The van der Waals surface area contributed by atoms with Crippen LogP contribution in [0.25, 0.3) is 11.2 Å². The molecule has 2 bridgehead atoms. The molecule has 21 nitrogen and oxygen atoms in total. The quantitative estimate of drug-likeness (QED) is 0.201. The van der Waals surface area contributed by atoms with E-state index < -0.39 is 106 Å². The van der Waals surface area contributed by atoms with E-state index in [9.17, 15) is 28.4 Å². The van der Waals surface area contributed by atoms with Crippen molar-refractivity contribution in [3.05, 3.63) is 45.8 Å². The maximum Gasteiger partial charge on any atom is 0.509 e. The number of hydrogen-bond acceptors (Lipinski definition) is 19. The van der Waals surface area contributed by atoms with Gasteiger partial charge in [0, 0.05) is 23.6 Å². The van der Waals surface area contributed by atoms with Gasteiger partial charge in [-0.1, -0.05) is 0 Å². The molecular formula is C24H28F2N7O14P2S-. The van der Waals surface area contributed by atoms with Crippen LogP contribution in [0.15, 0.2) is 34.5 Å². The smallest absolute Gasteiger partial charge is 0.509 e. The van der Waals surface area contributed by atoms with Gasteiger partial charge in [-0.2, -0.15) is 0 Å². The molecule has 3 N–H and O–H groups in total. The number of fused-ring (bicyclic) bond motifs is 4. The first-order valence-electron chi connectivity index (χ1n) is 14.5. The number of rotatable bonds is 6. The van der Waals surface area contributed by atoms with Gasteiger partial charge in [0.1, 0.15) is 36.3 Å². The van der Waals surface area contributed by atoms with E-state index in [1.807, 2.05) is 4.98 Å². The van der Waals surface area contributed by atoms with Gasteiger partial charge in [-0.05, 0) is 13.8 Å². The number of aromatic nitrogens is 6. The van der Waals surface area contributed by atoms with E-state index in [1.165, 1.54) is 0 Å². The summed E-state index contributed by atoms with van der Waals surface area (Å²) in [5.41, 5.74) is 4.02. The third kappa shape index (κ3) is 7.64. The standard InChI is InChI=1S/C24H29F2N7O14P2S/c1-10(2)43-24(36)40-9-50-49(39)42-6-12-17(15(26)21(45-12)33-8-30-16-19(27)28-7-29-20(16)33)46-48(37,38)41-5-11-14(25)18(47-49)22(44-11)32-4-3-13(34)31-23(32)35/h3-4,7-8,10-12,14-15,17-18,21-22H,5-6,9H2,1-2H3,(H,37,38)(H2,27,28,29)(H,31,34,35)/p-1/t11-,12-,14-,15-,17-,18-,21-,22-,49?/m1/s1. The second-order valence-electron chi connectivity index (χ2n) is 11.1. The molecule has 6 heterocycles. The minimum Gasteiger partial charge on any atom is -0.756 e. The van der Waals surface area contributed by atoms with Crippen LogP contribution in [0.2, 0.25) is 0 Å². The molecule has 10 atom stereocenters. The molecule has 50 heavy (non-hydrogen) atoms. The van der Waals surface area contributed by atoms with Crippen LogP contribution in [-0.2, 0) is 46.2 Å². The van der Waals surface area contributed by atoms with E-state index >= 15 is 8.78 Å². The Bertz CT molecular complexity index is 1950. The van der Waals surface area contributed by atoms with Gasteiger partial charge in [0.2, 0.25) is 0 Å². The highest BCUT2D eigenvalue weighted by molar-refractivity contribution is 8.55. The number of nitrogen functional groups attached to an aromatic ring is 1. The zero-order valence-electron chi connectivity index (χ0n) is 25.7. The number of hydrogen-bond donors (Lipinski definition) is 2. The Balaban J connectivity index is 1.34. The van der Waals surface area contributed by atoms with Gasteiger partial charge in [0.15, 0.2) is 42.2 Å². The van der Waals surface area contributed by atoms with Crippen LogP contribution in [0.3, 0.4) is 0 Å². The lowest BCUT2D eigenvalue weighted by molar-refractivity contribution is -0.235. The normalized spacial score (nSPS) is 34.8. The number of nitrogens with zero attached hydrogens (tertiary/aromatic N) is 5. The van der Waals surface area contributed by atoms with Gasteiger partial charge in [-0.15, -0.1) is 0 Å². The van der Waals surface area contributed by atoms with Gasteiger partial charge in [-0.3, -0.25) is 32.5 Å². The fourth-order valence-corrected chi connectivity index (χ4v) is 8.84. The summed E-state index contributed by atoms with van der Waals surface area (Å²) in [6.45, 7) is -3.72. The number of phosphoric ester groups is 1. The zero-order valence-corrected chi connectivity index (χ0v) is 28.3. The zero-order chi connectivity index (χ0) is 36.0. The second-order valence-corrected chi connectivity index (χ2v) is 16.4. The van der Waals surface area contributed by atoms with Gasteiger partial charge in [-0.25, -0.2) is 37.9 Å². The molecule has 0 amide bonds. The third-order valence-corrected chi connectivity index (χ3v) is 11.6. The summed E-state index contributed by atoms with van der Waals surface area (Å²) in [5.74, 6) is -0.789. The summed E-state index contributed by atoms with van der Waals surface area (Å²) < 4.78 is 103. The molecule has 0 spiro atoms. The van der Waals surface area contributed by atoms with Crippen LogP contribution in [0.1, 0.15) is 26.3 Å². The molecule has 0 aromatic carbocycles. The Labute approximate surface area is 282 Å². The number of halogens is 2. The van der Waals surface area contributed by atoms with Gasteiger partial charge in [0.25, 0.3) is 13.4 Å². The lowest BCUT2D eigenvalue weighted by Gasteiger charge is -2.30. The van der Waals surface area contributed by atoms with Crippen LogP contribution in [-0.4, -0.2) is 97.2 Å². The summed E-state index contributed by atoms with van der Waals surface area (Å²) in [5, 5.41) is 0. The van der Waals surface area contributed by atoms with Crippen molar-refractivity contribution < 1.29 is 64.6 Å². The molecule has 3 fully saturated rings. The van der Waals surface area contributed by atoms with Crippen molar-refractivity contribution in [3.63, 3.8) is 0 Å². The Morgan fingerprint density at radius 3 is 2.56 bits per heavy atom. The number of imidazole rings is 1. The number of nitrogens with two attached hydrogens (primary N) is 1. The van der Waals surface area contributed by atoms with E-state index in [4.69, 9.17) is 42.8 Å². The second kappa shape index (κ2) is 14.4. The SMILES string of the molecule is CC(C)OC(=O)OCSP1(=O)OC[C@H]2O[C@@H](n3cnc4c(N)ncnc43)[C@H](F)[C@@H]2OP(=O)([O-])OC[C@H]2O[C@@H](n3ccc(=O)[nH]c3=O)[C@H](O1)[C@@H]2F. The van der Waals surface area contributed by atoms with Crippen molar-refractivity contribution in [2.45, 2.75) is 69.2 Å². The topological polar surface area (TPSA) is 273 Å². The lowest BCUT2D eigenvalue weighted by Crippen LogP contribution is -2.37. The largest absolute Gasteiger partial charge is 0.756 e. The summed E-state index contributed by atoms with van der Waals surface area (Å²) in [6.07, 6.45) is -14.2. The number of anilines is 1. The number of alkyl halides is 2. The number of ether oxygens (including phenoxy) is 4. The number of carbonyl (C=O) groups is 1. The van der Waals surface area contributed by atoms with E-state index in [2.05, 4.69) is 15.0 Å². The predicted octanol–water partition coefficient (Wildman–Crippen LogP) is 1.08. The molecule has 26 heteroatoms. The first-order chi connectivity index (χ1) is 23.6. The molecule has 274 valence electrons. The summed E-state index contributed by atoms with van der Waals surface area (Å²) in [6, 6.07) is 0.904. The molecule has 3 saturated heterocycles. The molecule has 3 aliphatic heterocycles. The van der Waals surface area contributed by atoms with Crippen LogP contribution < -0.4 is 21.9 Å². The maximum atomic E-state index is 16.1. The monoisotopic (exact) mass is 770 g/mol. The lowest BCUT2D eigenvalue weighted by atomic mass is 10.1. The number of phosphoric acid groups is 1. The third-order valence-electron chi connectivity index (χ3n) is 7.33. The van der Waals surface area contributed by atoms with Crippen molar-refractivity contribution in [3.8, 4) is 0 Å². The van der Waals surface area contributed by atoms with Crippen LogP contribution >= 0.6 is 26.0 Å². The fourth-order valence-electron chi connectivity index (χ4n) is 5.15. The average Bonchev–Trinajstić information content (AvgIpc) is 3.69. The Hall–Kier alpha value is -3.31. The number of nitrogens with one attached hydrogen (secondary N) is 1. The molecule has 0 saturated carbocycles. The number of carbonyl (C=O) groups excluding carboxylic acids is 1. The maximum absolute atomic E-state index is 16.1. The van der Waals surface area contributed by atoms with Crippen molar-refractivity contribution >= 4 is 49.1 Å². The molecule has 2 unspecified atom stereocenters. The fraction of sp³-hybridized carbons (Fsp3) is 0.583. The van der Waals surface area contributed by atoms with Gasteiger partial charge in [0.05, 0.1) is 25.6 Å². The number of H-pyrrole nitrogens is 1. The molecule has 3 aliphatic rings. The minimum atomic E-state index is -5.50. The summed E-state index contributed by atoms with van der Waals surface area (Å²) in [4.78, 5) is 63.1. The van der Waals surface area contributed by atoms with Crippen LogP contribution in [0.4, 0.5) is 19.4 Å². The minimum absolute atomic E-state index is 0.0164. The van der Waals surface area contributed by atoms with E-state index in [-0.39, 0.29) is 28.4 Å². The van der Waals surface area contributed by atoms with Crippen molar-refractivity contribution in [1.29, 1.82) is 0 Å². The van der Waals surface area contributed by atoms with E-state index in [1.54, 1.807) is 13.8 Å². The van der Waals surface area contributed by atoms with Crippen molar-refractivity contribution in [2.75, 3.05) is 24.9 Å². The number of aromatic amines is 1. The van der Waals surface area contributed by atoms with Crippen molar-refractivity contribution in [1.82, 2.24) is 29.1 Å². The van der Waals surface area contributed by atoms with E-state index in [0.29, 0.717) is 4.57 Å². The highest BCUT2D eigenvalue weighted by Gasteiger charge is 2.54. The summed E-state index contributed by atoms with van der Waals surface area (Å²) in [7, 11) is -5.50. The molecular weight excluding hydrogens is 742 g/mol. The highest BCUT2D eigenvalue weighted by atomic mass is 32.7. The first-order valence-corrected chi connectivity index (χ1v) is 19.1. The molecule has 0 radical (unpaired) electrons.